The van der Waals surface area contributed by atoms with Gasteiger partial charge in [-0.1, -0.05) is 0 Å². The molecule has 3 saturated heterocycles. The van der Waals surface area contributed by atoms with Crippen molar-refractivity contribution in [3.8, 4) is 0 Å². The molecule has 4 aliphatic rings. The Morgan fingerprint density at radius 1 is 1.20 bits per heavy atom. The Kier molecular flexibility index (Phi) is 5.78. The van der Waals surface area contributed by atoms with Gasteiger partial charge in [0.1, 0.15) is 12.4 Å². The molecule has 35 heavy (non-hydrogen) atoms. The number of hydrogen-bond acceptors (Lipinski definition) is 5. The highest BCUT2D eigenvalue weighted by atomic mass is 32.2. The lowest BCUT2D eigenvalue weighted by molar-refractivity contribution is -0.140. The van der Waals surface area contributed by atoms with E-state index in [0.717, 1.165) is 25.0 Å². The van der Waals surface area contributed by atoms with Crippen LogP contribution in [0.3, 0.4) is 0 Å². The molecule has 0 bridgehead atoms. The number of alkyl halides is 3. The topological polar surface area (TPSA) is 96.0 Å². The first-order chi connectivity index (χ1) is 16.3. The van der Waals surface area contributed by atoms with Crippen molar-refractivity contribution >= 4 is 21.8 Å². The zero-order valence-corrected chi connectivity index (χ0v) is 19.5. The van der Waals surface area contributed by atoms with E-state index in [-0.39, 0.29) is 55.4 Å². The number of fused-ring (bicyclic) bond motifs is 1. The van der Waals surface area contributed by atoms with E-state index >= 15 is 0 Å². The Morgan fingerprint density at radius 2 is 1.91 bits per heavy atom. The third-order valence-corrected chi connectivity index (χ3v) is 8.90. The third-order valence-electron chi connectivity index (χ3n) is 7.43. The fourth-order valence-corrected chi connectivity index (χ4v) is 6.74. The Morgan fingerprint density at radius 3 is 2.60 bits per heavy atom. The maximum absolute atomic E-state index is 13.9. The number of amides is 3. The van der Waals surface area contributed by atoms with Crippen LogP contribution in [0, 0.1) is 17.2 Å². The molecular weight excluding hydrogens is 494 g/mol. The molecular formula is C22H27F4N3O5S. The predicted octanol–water partition coefficient (Wildman–Crippen LogP) is 2.33. The molecule has 0 radical (unpaired) electrons. The summed E-state index contributed by atoms with van der Waals surface area (Å²) in [5.74, 6) is -1.14. The van der Waals surface area contributed by atoms with E-state index in [1.165, 1.54) is 0 Å². The summed E-state index contributed by atoms with van der Waals surface area (Å²) in [5, 5.41) is 2.87. The number of ether oxygens (including phenoxy) is 1. The molecule has 1 aromatic rings. The predicted molar refractivity (Wildman–Crippen MR) is 115 cm³/mol. The van der Waals surface area contributed by atoms with Gasteiger partial charge < -0.3 is 19.9 Å². The van der Waals surface area contributed by atoms with Crippen LogP contribution in [-0.2, 0) is 25.8 Å². The van der Waals surface area contributed by atoms with Crippen molar-refractivity contribution in [2.45, 2.75) is 48.2 Å². The Balaban J connectivity index is 0.00000304. The summed E-state index contributed by atoms with van der Waals surface area (Å²) < 4.78 is 81.2. The van der Waals surface area contributed by atoms with Gasteiger partial charge in [-0.3, -0.25) is 4.79 Å². The summed E-state index contributed by atoms with van der Waals surface area (Å²) in [4.78, 5) is 26.8. The van der Waals surface area contributed by atoms with Crippen LogP contribution in [0.1, 0.15) is 26.3 Å². The normalized spacial score (nSPS) is 26.6. The molecule has 1 saturated carbocycles. The highest BCUT2D eigenvalue weighted by Crippen LogP contribution is 2.53. The van der Waals surface area contributed by atoms with Crippen molar-refractivity contribution in [2.24, 2.45) is 11.3 Å². The molecule has 4 fully saturated rings. The van der Waals surface area contributed by atoms with Crippen LogP contribution in [0.15, 0.2) is 23.1 Å². The van der Waals surface area contributed by atoms with E-state index in [2.05, 4.69) is 5.32 Å². The van der Waals surface area contributed by atoms with Crippen LogP contribution >= 0.6 is 0 Å². The second-order valence-corrected chi connectivity index (χ2v) is 12.1. The second-order valence-electron chi connectivity index (χ2n) is 10.1. The van der Waals surface area contributed by atoms with Crippen molar-refractivity contribution in [1.82, 2.24) is 15.1 Å². The van der Waals surface area contributed by atoms with E-state index in [4.69, 9.17) is 4.74 Å². The van der Waals surface area contributed by atoms with E-state index in [1.807, 2.05) is 0 Å². The summed E-state index contributed by atoms with van der Waals surface area (Å²) in [6, 6.07) is 2.04. The zero-order chi connectivity index (χ0) is 25.2. The molecule has 1 N–H and O–H groups in total. The van der Waals surface area contributed by atoms with Crippen LogP contribution in [0.2, 0.25) is 0 Å². The summed E-state index contributed by atoms with van der Waals surface area (Å²) in [6.07, 6.45) is 2.29. The summed E-state index contributed by atoms with van der Waals surface area (Å²) in [5.41, 5.74) is -5.35. The number of urea groups is 1. The van der Waals surface area contributed by atoms with Crippen molar-refractivity contribution in [3.05, 3.63) is 29.6 Å². The maximum atomic E-state index is 13.9. The molecule has 1 aliphatic carbocycles. The molecule has 3 amide bonds. The van der Waals surface area contributed by atoms with Crippen LogP contribution in [0.5, 0.6) is 0 Å². The molecule has 194 valence electrons. The fraction of sp³-hybridized carbons (Fsp3) is 0.636. The molecule has 3 aliphatic heterocycles. The molecule has 1 spiro atoms. The van der Waals surface area contributed by atoms with Gasteiger partial charge in [0.15, 0.2) is 0 Å². The second kappa shape index (κ2) is 8.32. The number of nitrogens with one attached hydrogen (secondary N) is 1. The lowest BCUT2D eigenvalue weighted by Crippen LogP contribution is -2.68. The number of halogens is 4. The average molecular weight is 522 g/mol. The van der Waals surface area contributed by atoms with Crippen LogP contribution in [-0.4, -0.2) is 80.6 Å². The van der Waals surface area contributed by atoms with Gasteiger partial charge in [0.05, 0.1) is 17.0 Å². The van der Waals surface area contributed by atoms with Crippen molar-refractivity contribution in [2.75, 3.05) is 32.8 Å². The average Bonchev–Trinajstić information content (AvgIpc) is 2.72. The number of nitrogens with zero attached hydrogens (tertiary/aromatic N) is 2. The SMILES string of the molecule is O=C1CO[C@H]2CCN(C(=O)N3CC4(CC(Cc5cc(F)cc(S(=O)(=O)C(F)(F)F)c5)C4)C3)C[C@H]2N1.[HH]. The minimum Gasteiger partial charge on any atom is -0.366 e. The van der Waals surface area contributed by atoms with Gasteiger partial charge in [-0.2, -0.15) is 13.2 Å². The minimum atomic E-state index is -5.62. The van der Waals surface area contributed by atoms with Crippen LogP contribution in [0.25, 0.3) is 0 Å². The van der Waals surface area contributed by atoms with Gasteiger partial charge in [-0.25, -0.2) is 17.6 Å². The first kappa shape index (κ1) is 24.3. The summed E-state index contributed by atoms with van der Waals surface area (Å²) in [6.45, 7) is 2.11. The smallest absolute Gasteiger partial charge is 0.366 e. The van der Waals surface area contributed by atoms with Gasteiger partial charge in [-0.05, 0) is 55.4 Å². The number of likely N-dealkylation sites (tertiary alicyclic amines) is 2. The van der Waals surface area contributed by atoms with Gasteiger partial charge in [-0.15, -0.1) is 0 Å². The van der Waals surface area contributed by atoms with Crippen LogP contribution in [0.4, 0.5) is 22.4 Å². The number of piperidine rings is 1. The molecule has 3 heterocycles. The monoisotopic (exact) mass is 521 g/mol. The number of carbonyl (C=O) groups is 2. The zero-order valence-electron chi connectivity index (χ0n) is 18.7. The van der Waals surface area contributed by atoms with E-state index in [1.54, 1.807) is 9.80 Å². The molecule has 0 unspecified atom stereocenters. The molecule has 1 aromatic carbocycles. The van der Waals surface area contributed by atoms with Crippen LogP contribution < -0.4 is 5.32 Å². The Hall–Kier alpha value is -2.41. The molecule has 0 aromatic heterocycles. The third kappa shape index (κ3) is 4.48. The summed E-state index contributed by atoms with van der Waals surface area (Å²) >= 11 is 0. The summed E-state index contributed by atoms with van der Waals surface area (Å²) in [7, 11) is -5.62. The van der Waals surface area contributed by atoms with E-state index < -0.39 is 26.1 Å². The highest BCUT2D eigenvalue weighted by Gasteiger charge is 2.54. The highest BCUT2D eigenvalue weighted by molar-refractivity contribution is 7.92. The number of morpholine rings is 1. The molecule has 2 atom stereocenters. The fourth-order valence-electron chi connectivity index (χ4n) is 5.90. The van der Waals surface area contributed by atoms with Gasteiger partial charge in [0.2, 0.25) is 5.91 Å². The van der Waals surface area contributed by atoms with E-state index in [9.17, 15) is 35.6 Å². The molecule has 5 rings (SSSR count). The first-order valence-corrected chi connectivity index (χ1v) is 12.9. The Labute approximate surface area is 201 Å². The molecule has 13 heteroatoms. The lowest BCUT2D eigenvalue weighted by atomic mass is 9.56. The van der Waals surface area contributed by atoms with Crippen molar-refractivity contribution in [1.29, 1.82) is 0 Å². The van der Waals surface area contributed by atoms with E-state index in [0.29, 0.717) is 38.7 Å². The number of sulfone groups is 1. The number of hydrogen-bond donors (Lipinski definition) is 1. The maximum Gasteiger partial charge on any atom is 0.501 e. The van der Waals surface area contributed by atoms with Gasteiger partial charge >= 0.3 is 11.5 Å². The lowest BCUT2D eigenvalue weighted by Gasteiger charge is -2.60. The van der Waals surface area contributed by atoms with Gasteiger partial charge in [0.25, 0.3) is 9.84 Å². The van der Waals surface area contributed by atoms with Crippen molar-refractivity contribution < 1.29 is 41.7 Å². The standard InChI is InChI=1S/C22H25F4N3O5S.H2/c23-15-4-13(5-16(6-15)35(32,33)22(24,25)26)3-14-7-21(8-14)11-29(12-21)20(31)28-2-1-18-17(9-28)27-19(30)10-34-18;/h4-6,14,17-18H,1-3,7-12H2,(H,27,30);1H/t17-,18+;/m1./s1. The molecule has 8 nitrogen and oxygen atoms in total. The number of carbonyl (C=O) groups excluding carboxylic acids is 2. The number of benzene rings is 1. The first-order valence-electron chi connectivity index (χ1n) is 11.4. The van der Waals surface area contributed by atoms with Gasteiger partial charge in [0, 0.05) is 33.0 Å². The number of rotatable bonds is 3. The Bertz CT molecular complexity index is 1150. The quantitative estimate of drug-likeness (QED) is 0.616. The minimum absolute atomic E-state index is 0. The largest absolute Gasteiger partial charge is 0.501 e. The van der Waals surface area contributed by atoms with Crippen molar-refractivity contribution in [3.63, 3.8) is 0 Å².